The van der Waals surface area contributed by atoms with Crippen LogP contribution in [0.4, 0.5) is 14.9 Å². The molecular weight excluding hydrogens is 373 g/mol. The fourth-order valence-electron chi connectivity index (χ4n) is 3.50. The molecule has 1 aliphatic heterocycles. The van der Waals surface area contributed by atoms with Crippen LogP contribution in [0.2, 0.25) is 0 Å². The molecular formula is C22H26FN3O3. The number of urea groups is 1. The first-order chi connectivity index (χ1) is 14.0. The number of nitrogens with zero attached hydrogens (tertiary/aromatic N) is 1. The second-order valence-electron chi connectivity index (χ2n) is 7.23. The summed E-state index contributed by atoms with van der Waals surface area (Å²) in [7, 11) is 1.61. The number of rotatable bonds is 6. The number of ether oxygens (including phenoxy) is 1. The lowest BCUT2D eigenvalue weighted by Gasteiger charge is -2.32. The zero-order chi connectivity index (χ0) is 20.6. The third kappa shape index (κ3) is 6.20. The number of hydrogen-bond donors (Lipinski definition) is 2. The van der Waals surface area contributed by atoms with Crippen molar-refractivity contribution >= 4 is 17.6 Å². The summed E-state index contributed by atoms with van der Waals surface area (Å²) in [6, 6.07) is 13.1. The van der Waals surface area contributed by atoms with Crippen LogP contribution in [0.3, 0.4) is 0 Å². The van der Waals surface area contributed by atoms with Crippen LogP contribution in [0.15, 0.2) is 48.5 Å². The minimum atomic E-state index is -0.396. The number of likely N-dealkylation sites (tertiary alicyclic amines) is 1. The quantitative estimate of drug-likeness (QED) is 0.777. The van der Waals surface area contributed by atoms with Crippen molar-refractivity contribution in [3.05, 3.63) is 59.9 Å². The molecule has 154 valence electrons. The van der Waals surface area contributed by atoms with Crippen LogP contribution in [-0.2, 0) is 11.3 Å². The van der Waals surface area contributed by atoms with Crippen LogP contribution >= 0.6 is 0 Å². The summed E-state index contributed by atoms with van der Waals surface area (Å²) in [5.41, 5.74) is 1.39. The van der Waals surface area contributed by atoms with Gasteiger partial charge in [0.05, 0.1) is 7.11 Å². The average Bonchev–Trinajstić information content (AvgIpc) is 2.72. The number of anilines is 1. The molecule has 0 radical (unpaired) electrons. The number of piperidine rings is 1. The Balaban J connectivity index is 1.47. The van der Waals surface area contributed by atoms with Crippen LogP contribution in [0.5, 0.6) is 5.75 Å². The molecule has 7 heteroatoms. The van der Waals surface area contributed by atoms with Gasteiger partial charge in [-0.2, -0.15) is 0 Å². The molecule has 1 heterocycles. The molecule has 0 spiro atoms. The third-order valence-corrected chi connectivity index (χ3v) is 4.98. The van der Waals surface area contributed by atoms with Crippen molar-refractivity contribution in [2.75, 3.05) is 25.5 Å². The van der Waals surface area contributed by atoms with Crippen LogP contribution in [0.1, 0.15) is 24.8 Å². The first kappa shape index (κ1) is 20.6. The maximum atomic E-state index is 13.3. The van der Waals surface area contributed by atoms with Gasteiger partial charge < -0.3 is 20.3 Å². The van der Waals surface area contributed by atoms with E-state index in [0.29, 0.717) is 31.7 Å². The van der Waals surface area contributed by atoms with E-state index in [2.05, 4.69) is 10.6 Å². The second kappa shape index (κ2) is 9.91. The standard InChI is InChI=1S/C22H26FN3O3/c1-29-20-9-2-5-16(11-20)14-24-21(27)12-17-6-4-10-26(15-17)22(28)25-19-8-3-7-18(23)13-19/h2-3,5,7-9,11,13,17H,4,6,10,12,14-15H2,1H3,(H,24,27)(H,25,28). The Hall–Kier alpha value is -3.09. The lowest BCUT2D eigenvalue weighted by Crippen LogP contribution is -2.43. The van der Waals surface area contributed by atoms with Crippen LogP contribution in [0, 0.1) is 11.7 Å². The zero-order valence-corrected chi connectivity index (χ0v) is 16.5. The highest BCUT2D eigenvalue weighted by Crippen LogP contribution is 2.21. The van der Waals surface area contributed by atoms with E-state index in [4.69, 9.17) is 4.74 Å². The fraction of sp³-hybridized carbons (Fsp3) is 0.364. The summed E-state index contributed by atoms with van der Waals surface area (Å²) in [5.74, 6) is 0.425. The van der Waals surface area contributed by atoms with E-state index >= 15 is 0 Å². The van der Waals surface area contributed by atoms with E-state index in [0.717, 1.165) is 24.2 Å². The number of benzene rings is 2. The number of amides is 3. The van der Waals surface area contributed by atoms with Crippen molar-refractivity contribution < 1.29 is 18.7 Å². The summed E-state index contributed by atoms with van der Waals surface area (Å²) in [5, 5.41) is 5.65. The minimum absolute atomic E-state index is 0.0368. The Morgan fingerprint density at radius 2 is 2.03 bits per heavy atom. The highest BCUT2D eigenvalue weighted by molar-refractivity contribution is 5.89. The van der Waals surface area contributed by atoms with Crippen LogP contribution in [-0.4, -0.2) is 37.0 Å². The molecule has 0 saturated carbocycles. The average molecular weight is 399 g/mol. The second-order valence-corrected chi connectivity index (χ2v) is 7.23. The maximum Gasteiger partial charge on any atom is 0.321 e. The molecule has 2 aromatic carbocycles. The number of carbonyl (C=O) groups excluding carboxylic acids is 2. The smallest absolute Gasteiger partial charge is 0.321 e. The molecule has 3 rings (SSSR count). The SMILES string of the molecule is COc1cccc(CNC(=O)CC2CCCN(C(=O)Nc3cccc(F)c3)C2)c1. The Morgan fingerprint density at radius 3 is 2.83 bits per heavy atom. The molecule has 0 aliphatic carbocycles. The molecule has 3 amide bonds. The Bertz CT molecular complexity index is 859. The summed E-state index contributed by atoms with van der Waals surface area (Å²) in [6.45, 7) is 1.57. The maximum absolute atomic E-state index is 13.3. The Labute approximate surface area is 170 Å². The molecule has 0 bridgehead atoms. The monoisotopic (exact) mass is 399 g/mol. The van der Waals surface area contributed by atoms with Gasteiger partial charge in [-0.05, 0) is 54.7 Å². The predicted octanol–water partition coefficient (Wildman–Crippen LogP) is 3.78. The molecule has 1 fully saturated rings. The van der Waals surface area contributed by atoms with Crippen molar-refractivity contribution in [3.8, 4) is 5.75 Å². The Kier molecular flexibility index (Phi) is 7.05. The number of methoxy groups -OCH3 is 1. The summed E-state index contributed by atoms with van der Waals surface area (Å²) in [4.78, 5) is 26.5. The van der Waals surface area contributed by atoms with E-state index in [9.17, 15) is 14.0 Å². The van der Waals surface area contributed by atoms with Gasteiger partial charge in [-0.15, -0.1) is 0 Å². The summed E-state index contributed by atoms with van der Waals surface area (Å²) < 4.78 is 18.5. The van der Waals surface area contributed by atoms with Crippen molar-refractivity contribution in [2.45, 2.75) is 25.8 Å². The molecule has 0 aromatic heterocycles. The highest BCUT2D eigenvalue weighted by atomic mass is 19.1. The van der Waals surface area contributed by atoms with E-state index in [1.54, 1.807) is 24.1 Å². The largest absolute Gasteiger partial charge is 0.497 e. The third-order valence-electron chi connectivity index (χ3n) is 4.98. The molecule has 2 N–H and O–H groups in total. The molecule has 1 saturated heterocycles. The van der Waals surface area contributed by atoms with Crippen molar-refractivity contribution in [1.29, 1.82) is 0 Å². The summed E-state index contributed by atoms with van der Waals surface area (Å²) >= 11 is 0. The number of halogens is 1. The molecule has 1 unspecified atom stereocenters. The highest BCUT2D eigenvalue weighted by Gasteiger charge is 2.25. The topological polar surface area (TPSA) is 70.7 Å². The molecule has 1 atom stereocenters. The van der Waals surface area contributed by atoms with Gasteiger partial charge >= 0.3 is 6.03 Å². The van der Waals surface area contributed by atoms with E-state index in [-0.39, 0.29) is 17.9 Å². The molecule has 29 heavy (non-hydrogen) atoms. The lowest BCUT2D eigenvalue weighted by molar-refractivity contribution is -0.122. The zero-order valence-electron chi connectivity index (χ0n) is 16.5. The molecule has 1 aliphatic rings. The molecule has 6 nitrogen and oxygen atoms in total. The van der Waals surface area contributed by atoms with E-state index < -0.39 is 5.82 Å². The van der Waals surface area contributed by atoms with Crippen LogP contribution < -0.4 is 15.4 Å². The number of nitrogens with one attached hydrogen (secondary N) is 2. The van der Waals surface area contributed by atoms with Gasteiger partial charge in [0.1, 0.15) is 11.6 Å². The Morgan fingerprint density at radius 1 is 1.21 bits per heavy atom. The number of hydrogen-bond acceptors (Lipinski definition) is 3. The van der Waals surface area contributed by atoms with Crippen LogP contribution in [0.25, 0.3) is 0 Å². The van der Waals surface area contributed by atoms with Gasteiger partial charge in [-0.3, -0.25) is 4.79 Å². The van der Waals surface area contributed by atoms with Crippen molar-refractivity contribution in [2.24, 2.45) is 5.92 Å². The first-order valence-corrected chi connectivity index (χ1v) is 9.74. The normalized spacial score (nSPS) is 16.2. The van der Waals surface area contributed by atoms with Gasteiger partial charge in [0.2, 0.25) is 5.91 Å². The van der Waals surface area contributed by atoms with E-state index in [1.165, 1.54) is 12.1 Å². The minimum Gasteiger partial charge on any atom is -0.497 e. The van der Waals surface area contributed by atoms with Gasteiger partial charge in [-0.1, -0.05) is 18.2 Å². The van der Waals surface area contributed by atoms with Gasteiger partial charge in [-0.25, -0.2) is 9.18 Å². The molecule has 2 aromatic rings. The fourth-order valence-corrected chi connectivity index (χ4v) is 3.50. The first-order valence-electron chi connectivity index (χ1n) is 9.74. The number of carbonyl (C=O) groups is 2. The lowest BCUT2D eigenvalue weighted by atomic mass is 9.94. The summed E-state index contributed by atoms with van der Waals surface area (Å²) in [6.07, 6.45) is 2.11. The van der Waals surface area contributed by atoms with Gasteiger partial charge in [0.25, 0.3) is 0 Å². The van der Waals surface area contributed by atoms with Gasteiger partial charge in [0, 0.05) is 31.7 Å². The van der Waals surface area contributed by atoms with Crippen molar-refractivity contribution in [3.63, 3.8) is 0 Å². The predicted molar refractivity (Wildman–Crippen MR) is 109 cm³/mol. The van der Waals surface area contributed by atoms with Gasteiger partial charge in [0.15, 0.2) is 0 Å². The van der Waals surface area contributed by atoms with Crippen molar-refractivity contribution in [1.82, 2.24) is 10.2 Å². The van der Waals surface area contributed by atoms with E-state index in [1.807, 2.05) is 24.3 Å².